The fourth-order valence-corrected chi connectivity index (χ4v) is 4.37. The summed E-state index contributed by atoms with van der Waals surface area (Å²) in [5, 5.41) is 15.9. The number of carbonyl (C=O) groups excluding carboxylic acids is 2. The molecule has 0 radical (unpaired) electrons. The van der Waals surface area contributed by atoms with Crippen molar-refractivity contribution in [3.8, 4) is 11.1 Å². The topological polar surface area (TPSA) is 114 Å². The fourth-order valence-electron chi connectivity index (χ4n) is 4.37. The molecule has 180 valence electrons. The molecule has 1 unspecified atom stereocenters. The molecule has 2 amide bonds. The largest absolute Gasteiger partial charge is 0.480 e. The van der Waals surface area contributed by atoms with Gasteiger partial charge in [-0.05, 0) is 22.3 Å². The van der Waals surface area contributed by atoms with Crippen LogP contribution in [0.2, 0.25) is 0 Å². The van der Waals surface area contributed by atoms with Gasteiger partial charge < -0.3 is 20.1 Å². The Hall–Kier alpha value is -4.40. The summed E-state index contributed by atoms with van der Waals surface area (Å²) >= 11 is 0. The van der Waals surface area contributed by atoms with Crippen LogP contribution in [0.4, 0.5) is 4.79 Å². The van der Waals surface area contributed by atoms with Gasteiger partial charge in [0.05, 0.1) is 6.20 Å². The SMILES string of the molecule is C=CCN(CC(=O)O)C(=O)C(NC(=O)OCC1c2ccccc2-c2ccccc21)c1cnn(C)c1. The third-order valence-corrected chi connectivity index (χ3v) is 5.90. The Morgan fingerprint density at radius 2 is 1.80 bits per heavy atom. The van der Waals surface area contributed by atoms with E-state index in [2.05, 4.69) is 17.0 Å². The van der Waals surface area contributed by atoms with E-state index in [1.807, 2.05) is 48.5 Å². The molecule has 1 aliphatic rings. The Balaban J connectivity index is 1.51. The zero-order valence-electron chi connectivity index (χ0n) is 19.3. The van der Waals surface area contributed by atoms with E-state index in [-0.39, 0.29) is 19.1 Å². The van der Waals surface area contributed by atoms with Crippen LogP contribution in [0, 0.1) is 0 Å². The standard InChI is InChI=1S/C26H26N4O5/c1-3-12-30(15-23(31)32)25(33)24(17-13-27-29(2)14-17)28-26(34)35-16-22-20-10-6-4-8-18(20)19-9-5-7-11-21(19)22/h3-11,13-14,22,24H,1,12,15-16H2,2H3,(H,28,34)(H,31,32). The third-order valence-electron chi connectivity index (χ3n) is 5.90. The summed E-state index contributed by atoms with van der Waals surface area (Å²) in [7, 11) is 1.68. The van der Waals surface area contributed by atoms with Gasteiger partial charge in [-0.1, -0.05) is 54.6 Å². The lowest BCUT2D eigenvalue weighted by Gasteiger charge is -2.25. The Bertz CT molecular complexity index is 1220. The van der Waals surface area contributed by atoms with Crippen molar-refractivity contribution >= 4 is 18.0 Å². The van der Waals surface area contributed by atoms with E-state index >= 15 is 0 Å². The fraction of sp³-hybridized carbons (Fsp3) is 0.231. The van der Waals surface area contributed by atoms with E-state index in [1.54, 1.807) is 13.2 Å². The molecule has 0 saturated carbocycles. The number of carbonyl (C=O) groups is 3. The van der Waals surface area contributed by atoms with Crippen molar-refractivity contribution in [3.05, 3.63) is 90.3 Å². The van der Waals surface area contributed by atoms with Gasteiger partial charge in [0.1, 0.15) is 19.2 Å². The number of nitrogens with one attached hydrogen (secondary N) is 1. The molecule has 1 heterocycles. The second-order valence-electron chi connectivity index (χ2n) is 8.25. The molecule has 35 heavy (non-hydrogen) atoms. The van der Waals surface area contributed by atoms with Gasteiger partial charge in [-0.15, -0.1) is 6.58 Å². The summed E-state index contributed by atoms with van der Waals surface area (Å²) in [4.78, 5) is 38.4. The average Bonchev–Trinajstić information content (AvgIpc) is 3.41. The highest BCUT2D eigenvalue weighted by atomic mass is 16.5. The maximum Gasteiger partial charge on any atom is 0.408 e. The Morgan fingerprint density at radius 1 is 1.17 bits per heavy atom. The normalized spacial score (nSPS) is 12.8. The van der Waals surface area contributed by atoms with E-state index in [0.717, 1.165) is 27.2 Å². The Kier molecular flexibility index (Phi) is 6.96. The van der Waals surface area contributed by atoms with Gasteiger partial charge in [-0.25, -0.2) is 4.79 Å². The highest BCUT2D eigenvalue weighted by Gasteiger charge is 2.32. The minimum atomic E-state index is -1.17. The maximum absolute atomic E-state index is 13.2. The molecule has 0 bridgehead atoms. The number of benzene rings is 2. The number of fused-ring (bicyclic) bond motifs is 3. The number of aromatic nitrogens is 2. The molecular weight excluding hydrogens is 448 g/mol. The van der Waals surface area contributed by atoms with Crippen molar-refractivity contribution in [2.24, 2.45) is 7.05 Å². The number of hydrogen-bond donors (Lipinski definition) is 2. The minimum Gasteiger partial charge on any atom is -0.480 e. The van der Waals surface area contributed by atoms with Crippen molar-refractivity contribution < 1.29 is 24.2 Å². The summed E-state index contributed by atoms with van der Waals surface area (Å²) in [6.45, 7) is 3.14. The second-order valence-corrected chi connectivity index (χ2v) is 8.25. The van der Waals surface area contributed by atoms with E-state index in [9.17, 15) is 19.5 Å². The van der Waals surface area contributed by atoms with E-state index in [0.29, 0.717) is 5.56 Å². The van der Waals surface area contributed by atoms with Gasteiger partial charge in [0.2, 0.25) is 0 Å². The van der Waals surface area contributed by atoms with Gasteiger partial charge in [0.25, 0.3) is 5.91 Å². The zero-order chi connectivity index (χ0) is 24.9. The molecule has 2 aromatic carbocycles. The van der Waals surface area contributed by atoms with Gasteiger partial charge in [0, 0.05) is 31.3 Å². The van der Waals surface area contributed by atoms with Gasteiger partial charge in [0.15, 0.2) is 0 Å². The number of alkyl carbamates (subject to hydrolysis) is 1. The molecule has 3 aromatic rings. The Morgan fingerprint density at radius 3 is 2.34 bits per heavy atom. The van der Waals surface area contributed by atoms with Crippen LogP contribution >= 0.6 is 0 Å². The molecule has 0 aliphatic heterocycles. The first-order valence-corrected chi connectivity index (χ1v) is 11.1. The maximum atomic E-state index is 13.2. The molecule has 9 nitrogen and oxygen atoms in total. The molecule has 1 aliphatic carbocycles. The number of amides is 2. The molecule has 4 rings (SSSR count). The number of carboxylic acids is 1. The molecule has 0 fully saturated rings. The smallest absolute Gasteiger partial charge is 0.408 e. The first-order valence-electron chi connectivity index (χ1n) is 11.1. The lowest BCUT2D eigenvalue weighted by atomic mass is 9.98. The van der Waals surface area contributed by atoms with Crippen LogP contribution in [0.15, 0.2) is 73.6 Å². The van der Waals surface area contributed by atoms with Crippen molar-refractivity contribution in [2.45, 2.75) is 12.0 Å². The van der Waals surface area contributed by atoms with Crippen molar-refractivity contribution in [2.75, 3.05) is 19.7 Å². The van der Waals surface area contributed by atoms with Crippen molar-refractivity contribution in [1.82, 2.24) is 20.0 Å². The van der Waals surface area contributed by atoms with Gasteiger partial charge in [-0.2, -0.15) is 5.10 Å². The number of aryl methyl sites for hydroxylation is 1. The third kappa shape index (κ3) is 5.08. The molecule has 2 N–H and O–H groups in total. The van der Waals surface area contributed by atoms with Gasteiger partial charge in [-0.3, -0.25) is 14.3 Å². The lowest BCUT2D eigenvalue weighted by molar-refractivity contribution is -0.144. The van der Waals surface area contributed by atoms with Crippen LogP contribution in [-0.2, 0) is 21.4 Å². The zero-order valence-corrected chi connectivity index (χ0v) is 19.3. The van der Waals surface area contributed by atoms with Crippen LogP contribution in [0.1, 0.15) is 28.7 Å². The van der Waals surface area contributed by atoms with Crippen LogP contribution < -0.4 is 5.32 Å². The predicted octanol–water partition coefficient (Wildman–Crippen LogP) is 3.10. The van der Waals surface area contributed by atoms with E-state index in [4.69, 9.17) is 4.74 Å². The van der Waals surface area contributed by atoms with Crippen LogP contribution in [0.5, 0.6) is 0 Å². The lowest BCUT2D eigenvalue weighted by Crippen LogP contribution is -2.45. The van der Waals surface area contributed by atoms with Crippen molar-refractivity contribution in [1.29, 1.82) is 0 Å². The molecule has 0 spiro atoms. The highest BCUT2D eigenvalue weighted by molar-refractivity contribution is 5.89. The molecule has 0 saturated heterocycles. The Labute approximate surface area is 202 Å². The second kappa shape index (κ2) is 10.3. The summed E-state index contributed by atoms with van der Waals surface area (Å²) in [6.07, 6.45) is 3.66. The number of nitrogens with zero attached hydrogens (tertiary/aromatic N) is 3. The summed E-state index contributed by atoms with van der Waals surface area (Å²) in [5.41, 5.74) is 4.76. The number of carboxylic acid groups (broad SMARTS) is 1. The quantitative estimate of drug-likeness (QED) is 0.461. The van der Waals surface area contributed by atoms with Crippen LogP contribution in [-0.4, -0.2) is 57.5 Å². The summed E-state index contributed by atoms with van der Waals surface area (Å²) < 4.78 is 7.08. The number of aliphatic carboxylic acids is 1. The van der Waals surface area contributed by atoms with E-state index in [1.165, 1.54) is 17.0 Å². The monoisotopic (exact) mass is 474 g/mol. The summed E-state index contributed by atoms with van der Waals surface area (Å²) in [6, 6.07) is 14.8. The minimum absolute atomic E-state index is 0.00820. The molecule has 1 aromatic heterocycles. The van der Waals surface area contributed by atoms with Crippen molar-refractivity contribution in [3.63, 3.8) is 0 Å². The van der Waals surface area contributed by atoms with E-state index < -0.39 is 30.6 Å². The number of rotatable bonds is 9. The van der Waals surface area contributed by atoms with Crippen LogP contribution in [0.25, 0.3) is 11.1 Å². The molecular formula is C26H26N4O5. The first kappa shape index (κ1) is 23.7. The average molecular weight is 475 g/mol. The van der Waals surface area contributed by atoms with Gasteiger partial charge >= 0.3 is 12.1 Å². The van der Waals surface area contributed by atoms with Crippen LogP contribution in [0.3, 0.4) is 0 Å². The molecule has 9 heteroatoms. The molecule has 1 atom stereocenters. The summed E-state index contributed by atoms with van der Waals surface area (Å²) in [5.74, 6) is -1.91. The highest BCUT2D eigenvalue weighted by Crippen LogP contribution is 2.44. The number of ether oxygens (including phenoxy) is 1. The first-order chi connectivity index (χ1) is 16.9. The predicted molar refractivity (Wildman–Crippen MR) is 129 cm³/mol. The number of hydrogen-bond acceptors (Lipinski definition) is 5.